The number of hydrogen-bond acceptors (Lipinski definition) is 3. The van der Waals surface area contributed by atoms with E-state index in [-0.39, 0.29) is 18.5 Å². The first-order valence-corrected chi connectivity index (χ1v) is 4.93. The summed E-state index contributed by atoms with van der Waals surface area (Å²) in [6, 6.07) is 6.76. The molecule has 1 aliphatic rings. The highest BCUT2D eigenvalue weighted by atomic mass is 16.5. The molecule has 0 fully saturated rings. The zero-order valence-electron chi connectivity index (χ0n) is 8.84. The molecule has 4 nitrogen and oxygen atoms in total. The minimum absolute atomic E-state index is 0.0450. The highest BCUT2D eigenvalue weighted by molar-refractivity contribution is 6.21. The lowest BCUT2D eigenvalue weighted by Crippen LogP contribution is -2.31. The first kappa shape index (κ1) is 10.4. The van der Waals surface area contributed by atoms with Crippen molar-refractivity contribution < 1.29 is 14.3 Å². The van der Waals surface area contributed by atoms with Gasteiger partial charge in [-0.25, -0.2) is 4.90 Å². The molecule has 0 saturated heterocycles. The summed E-state index contributed by atoms with van der Waals surface area (Å²) >= 11 is 0. The molecule has 1 aromatic carbocycles. The molecule has 0 aromatic heterocycles. The summed E-state index contributed by atoms with van der Waals surface area (Å²) in [5.74, 6) is -0.602. The fourth-order valence-electron chi connectivity index (χ4n) is 1.57. The SMILES string of the molecule is C/C=C/OCN1C(=O)c2ccccc2C1=O. The molecular formula is C12H11NO3. The Kier molecular flexibility index (Phi) is 2.72. The van der Waals surface area contributed by atoms with Crippen LogP contribution in [0.2, 0.25) is 0 Å². The van der Waals surface area contributed by atoms with E-state index in [1.807, 2.05) is 0 Å². The second-order valence-corrected chi connectivity index (χ2v) is 3.35. The van der Waals surface area contributed by atoms with Crippen molar-refractivity contribution in [3.05, 3.63) is 47.7 Å². The van der Waals surface area contributed by atoms with Crippen molar-refractivity contribution in [1.29, 1.82) is 0 Å². The van der Waals surface area contributed by atoms with Crippen LogP contribution in [0.5, 0.6) is 0 Å². The summed E-state index contributed by atoms with van der Waals surface area (Å²) < 4.78 is 5.04. The van der Waals surface area contributed by atoms with Gasteiger partial charge >= 0.3 is 0 Å². The van der Waals surface area contributed by atoms with Gasteiger partial charge in [0.25, 0.3) is 11.8 Å². The van der Waals surface area contributed by atoms with E-state index in [9.17, 15) is 9.59 Å². The molecule has 16 heavy (non-hydrogen) atoms. The highest BCUT2D eigenvalue weighted by Crippen LogP contribution is 2.21. The number of rotatable bonds is 3. The van der Waals surface area contributed by atoms with E-state index in [0.717, 1.165) is 4.90 Å². The maximum Gasteiger partial charge on any atom is 0.264 e. The summed E-state index contributed by atoms with van der Waals surface area (Å²) in [6.07, 6.45) is 3.14. The van der Waals surface area contributed by atoms with Gasteiger partial charge in [-0.05, 0) is 19.1 Å². The van der Waals surface area contributed by atoms with Gasteiger partial charge in [0, 0.05) is 0 Å². The zero-order valence-corrected chi connectivity index (χ0v) is 8.84. The van der Waals surface area contributed by atoms with E-state index in [0.29, 0.717) is 11.1 Å². The van der Waals surface area contributed by atoms with E-state index in [4.69, 9.17) is 4.74 Å². The monoisotopic (exact) mass is 217 g/mol. The van der Waals surface area contributed by atoms with Crippen LogP contribution in [0.1, 0.15) is 27.6 Å². The summed E-state index contributed by atoms with van der Waals surface area (Å²) in [7, 11) is 0. The Hall–Kier alpha value is -2.10. The number of amides is 2. The van der Waals surface area contributed by atoms with Gasteiger partial charge in [-0.1, -0.05) is 18.2 Å². The van der Waals surface area contributed by atoms with E-state index < -0.39 is 0 Å². The standard InChI is InChI=1S/C12H11NO3/c1-2-7-16-8-13-11(14)9-5-3-4-6-10(9)12(13)15/h2-7H,8H2,1H3/b7-2+. The molecule has 2 rings (SSSR count). The van der Waals surface area contributed by atoms with E-state index >= 15 is 0 Å². The molecule has 0 bridgehead atoms. The lowest BCUT2D eigenvalue weighted by atomic mass is 10.1. The number of carbonyl (C=O) groups is 2. The first-order valence-electron chi connectivity index (χ1n) is 4.93. The smallest absolute Gasteiger partial charge is 0.264 e. The van der Waals surface area contributed by atoms with Crippen LogP contribution in [0, 0.1) is 0 Å². The van der Waals surface area contributed by atoms with Gasteiger partial charge in [0.05, 0.1) is 17.4 Å². The maximum atomic E-state index is 11.8. The summed E-state index contributed by atoms with van der Waals surface area (Å²) in [4.78, 5) is 24.7. The number of hydrogen-bond donors (Lipinski definition) is 0. The number of nitrogens with zero attached hydrogens (tertiary/aromatic N) is 1. The van der Waals surface area contributed by atoms with E-state index in [1.54, 1.807) is 37.3 Å². The van der Waals surface area contributed by atoms with Gasteiger partial charge in [-0.15, -0.1) is 0 Å². The molecule has 1 heterocycles. The van der Waals surface area contributed by atoms with E-state index in [2.05, 4.69) is 0 Å². The van der Waals surface area contributed by atoms with Crippen molar-refractivity contribution in [3.8, 4) is 0 Å². The third-order valence-electron chi connectivity index (χ3n) is 2.31. The number of allylic oxidation sites excluding steroid dienone is 1. The third kappa shape index (κ3) is 1.58. The van der Waals surface area contributed by atoms with Crippen LogP contribution in [0.25, 0.3) is 0 Å². The normalized spacial score (nSPS) is 14.7. The molecule has 1 aromatic rings. The van der Waals surface area contributed by atoms with Crippen molar-refractivity contribution >= 4 is 11.8 Å². The van der Waals surface area contributed by atoms with Crippen LogP contribution in [0.15, 0.2) is 36.6 Å². The van der Waals surface area contributed by atoms with Crippen molar-refractivity contribution in [2.24, 2.45) is 0 Å². The predicted molar refractivity (Wildman–Crippen MR) is 57.7 cm³/mol. The summed E-state index contributed by atoms with van der Waals surface area (Å²) in [5, 5.41) is 0. The summed E-state index contributed by atoms with van der Waals surface area (Å²) in [5.41, 5.74) is 0.883. The van der Waals surface area contributed by atoms with Crippen molar-refractivity contribution in [1.82, 2.24) is 4.90 Å². The van der Waals surface area contributed by atoms with Gasteiger partial charge in [-0.3, -0.25) is 9.59 Å². The molecule has 1 aliphatic heterocycles. The Balaban J connectivity index is 2.21. The Morgan fingerprint density at radius 1 is 1.19 bits per heavy atom. The van der Waals surface area contributed by atoms with Crippen LogP contribution in [0.4, 0.5) is 0 Å². The number of carbonyl (C=O) groups excluding carboxylic acids is 2. The van der Waals surface area contributed by atoms with Gasteiger partial charge in [-0.2, -0.15) is 0 Å². The molecule has 0 aliphatic carbocycles. The molecule has 0 saturated carbocycles. The average molecular weight is 217 g/mol. The van der Waals surface area contributed by atoms with Crippen LogP contribution >= 0.6 is 0 Å². The Morgan fingerprint density at radius 2 is 1.75 bits per heavy atom. The fourth-order valence-corrected chi connectivity index (χ4v) is 1.57. The lowest BCUT2D eigenvalue weighted by molar-refractivity contribution is 0.0458. The largest absolute Gasteiger partial charge is 0.480 e. The molecule has 0 atom stereocenters. The average Bonchev–Trinajstić information content (AvgIpc) is 2.55. The second kappa shape index (κ2) is 4.18. The van der Waals surface area contributed by atoms with Gasteiger partial charge < -0.3 is 4.74 Å². The number of benzene rings is 1. The topological polar surface area (TPSA) is 46.6 Å². The molecule has 0 spiro atoms. The number of imide groups is 1. The van der Waals surface area contributed by atoms with Crippen LogP contribution in [-0.2, 0) is 4.74 Å². The molecule has 0 radical (unpaired) electrons. The fraction of sp³-hybridized carbons (Fsp3) is 0.167. The van der Waals surface area contributed by atoms with Crippen molar-refractivity contribution in [2.75, 3.05) is 6.73 Å². The van der Waals surface area contributed by atoms with Crippen LogP contribution in [0.3, 0.4) is 0 Å². The molecule has 0 unspecified atom stereocenters. The van der Waals surface area contributed by atoms with Crippen LogP contribution < -0.4 is 0 Å². The van der Waals surface area contributed by atoms with E-state index in [1.165, 1.54) is 6.26 Å². The lowest BCUT2D eigenvalue weighted by Gasteiger charge is -2.12. The Bertz CT molecular complexity index is 430. The predicted octanol–water partition coefficient (Wildman–Crippen LogP) is 1.79. The Morgan fingerprint density at radius 3 is 2.25 bits per heavy atom. The molecule has 82 valence electrons. The second-order valence-electron chi connectivity index (χ2n) is 3.35. The Labute approximate surface area is 93.1 Å². The van der Waals surface area contributed by atoms with Gasteiger partial charge in [0.15, 0.2) is 6.73 Å². The molecule has 0 N–H and O–H groups in total. The van der Waals surface area contributed by atoms with Crippen molar-refractivity contribution in [2.45, 2.75) is 6.92 Å². The minimum atomic E-state index is -0.301. The molecule has 2 amide bonds. The molecule has 4 heteroatoms. The minimum Gasteiger partial charge on any atom is -0.480 e. The van der Waals surface area contributed by atoms with Gasteiger partial charge in [0.1, 0.15) is 0 Å². The first-order chi connectivity index (χ1) is 7.75. The highest BCUT2D eigenvalue weighted by Gasteiger charge is 2.35. The number of ether oxygens (including phenoxy) is 1. The van der Waals surface area contributed by atoms with Crippen molar-refractivity contribution in [3.63, 3.8) is 0 Å². The van der Waals surface area contributed by atoms with Gasteiger partial charge in [0.2, 0.25) is 0 Å². The molecular weight excluding hydrogens is 206 g/mol. The third-order valence-corrected chi connectivity index (χ3v) is 2.31. The van der Waals surface area contributed by atoms with Crippen LogP contribution in [-0.4, -0.2) is 23.4 Å². The zero-order chi connectivity index (χ0) is 11.5. The maximum absolute atomic E-state index is 11.8. The number of fused-ring (bicyclic) bond motifs is 1. The quantitative estimate of drug-likeness (QED) is 0.572. The summed E-state index contributed by atoms with van der Waals surface area (Å²) in [6.45, 7) is 1.75.